The summed E-state index contributed by atoms with van der Waals surface area (Å²) in [5.74, 6) is -1.67. The number of anilines is 2. The Balaban J connectivity index is 0.00000722. The fourth-order valence-electron chi connectivity index (χ4n) is 3.47. The van der Waals surface area contributed by atoms with Crippen LogP contribution in [0, 0.1) is 12.8 Å². The molecule has 0 aliphatic rings. The van der Waals surface area contributed by atoms with Crippen LogP contribution in [0.4, 0.5) is 21.0 Å². The van der Waals surface area contributed by atoms with Crippen molar-refractivity contribution in [2.45, 2.75) is 46.1 Å². The quantitative estimate of drug-likeness (QED) is 0.189. The molecule has 10 nitrogen and oxygen atoms in total. The van der Waals surface area contributed by atoms with E-state index in [1.807, 2.05) is 45.0 Å². The summed E-state index contributed by atoms with van der Waals surface area (Å²) in [5.41, 5.74) is 5.46. The Labute approximate surface area is 235 Å². The SMILES string of the molecule is C=CCC(CC(=O)[O-])NC(=O)N(CC(C)C)NC(=O)Cc1ccc(NC(=O)Nc2ccccc2C)cc1.[Li+]. The van der Waals surface area contributed by atoms with Crippen LogP contribution in [0.15, 0.2) is 61.2 Å². The number of hydrogen-bond acceptors (Lipinski definition) is 5. The maximum absolute atomic E-state index is 12.7. The third kappa shape index (κ3) is 11.5. The molecule has 5 amide bonds. The molecule has 0 radical (unpaired) electrons. The zero-order valence-corrected chi connectivity index (χ0v) is 22.4. The molecule has 0 fully saturated rings. The number of rotatable bonds is 11. The number of hydrazine groups is 1. The first-order chi connectivity index (χ1) is 17.6. The maximum Gasteiger partial charge on any atom is 1.00 e. The Kier molecular flexibility index (Phi) is 13.7. The second-order valence-corrected chi connectivity index (χ2v) is 9.05. The van der Waals surface area contributed by atoms with Gasteiger partial charge in [0.15, 0.2) is 0 Å². The van der Waals surface area contributed by atoms with Crippen molar-refractivity contribution in [2.75, 3.05) is 17.2 Å². The summed E-state index contributed by atoms with van der Waals surface area (Å²) < 4.78 is 0. The maximum atomic E-state index is 12.7. The second kappa shape index (κ2) is 16.2. The third-order valence-electron chi connectivity index (χ3n) is 5.21. The number of para-hydroxylation sites is 1. The number of carbonyl (C=O) groups is 4. The average Bonchev–Trinajstić information content (AvgIpc) is 2.81. The number of carbonyl (C=O) groups excluding carboxylic acids is 4. The Morgan fingerprint density at radius 2 is 1.68 bits per heavy atom. The molecule has 0 heterocycles. The van der Waals surface area contributed by atoms with E-state index in [9.17, 15) is 24.3 Å². The topological polar surface area (TPSA) is 143 Å². The van der Waals surface area contributed by atoms with E-state index in [1.165, 1.54) is 6.08 Å². The fraction of sp³-hybridized carbons (Fsp3) is 0.333. The van der Waals surface area contributed by atoms with Crippen LogP contribution in [0.3, 0.4) is 0 Å². The van der Waals surface area contributed by atoms with E-state index < -0.39 is 23.9 Å². The van der Waals surface area contributed by atoms with E-state index >= 15 is 0 Å². The van der Waals surface area contributed by atoms with Crippen molar-refractivity contribution in [2.24, 2.45) is 5.92 Å². The van der Waals surface area contributed by atoms with E-state index in [4.69, 9.17) is 0 Å². The minimum atomic E-state index is -1.29. The molecule has 0 aliphatic carbocycles. The number of aliphatic carboxylic acids is 1. The van der Waals surface area contributed by atoms with Crippen molar-refractivity contribution in [1.82, 2.24) is 15.8 Å². The van der Waals surface area contributed by atoms with Crippen molar-refractivity contribution in [3.63, 3.8) is 0 Å². The molecule has 11 heteroatoms. The summed E-state index contributed by atoms with van der Waals surface area (Å²) in [7, 11) is 0. The van der Waals surface area contributed by atoms with Gasteiger partial charge < -0.3 is 25.9 Å². The van der Waals surface area contributed by atoms with E-state index in [2.05, 4.69) is 28.0 Å². The van der Waals surface area contributed by atoms with Crippen LogP contribution in [0.2, 0.25) is 0 Å². The average molecular weight is 516 g/mol. The monoisotopic (exact) mass is 515 g/mol. The van der Waals surface area contributed by atoms with Gasteiger partial charge in [-0.1, -0.05) is 50.3 Å². The summed E-state index contributed by atoms with van der Waals surface area (Å²) in [6, 6.07) is 12.5. The van der Waals surface area contributed by atoms with E-state index in [1.54, 1.807) is 24.3 Å². The van der Waals surface area contributed by atoms with Crippen molar-refractivity contribution >= 4 is 35.3 Å². The number of carboxylic acid groups (broad SMARTS) is 1. The molecule has 198 valence electrons. The van der Waals surface area contributed by atoms with Crippen LogP contribution in [0.25, 0.3) is 0 Å². The molecule has 2 aromatic carbocycles. The van der Waals surface area contributed by atoms with Crippen molar-refractivity contribution in [1.29, 1.82) is 0 Å². The van der Waals surface area contributed by atoms with Gasteiger partial charge in [-0.05, 0) is 48.6 Å². The number of nitrogens with zero attached hydrogens (tertiary/aromatic N) is 1. The van der Waals surface area contributed by atoms with Crippen LogP contribution >= 0.6 is 0 Å². The van der Waals surface area contributed by atoms with Crippen molar-refractivity contribution < 1.29 is 43.1 Å². The summed E-state index contributed by atoms with van der Waals surface area (Å²) in [4.78, 5) is 48.6. The standard InChI is InChI=1S/C27H35N5O5.Li/c1-5-8-22(16-25(34)35)29-27(37)32(17-18(2)3)31-24(33)15-20-11-13-21(14-12-20)28-26(36)30-23-10-7-6-9-19(23)4;/h5-7,9-14,18,22H,1,8,15-17H2,2-4H3,(H,29,37)(H,31,33)(H,34,35)(H2,28,30,36);/q;+1/p-1. The van der Waals surface area contributed by atoms with Gasteiger partial charge in [-0.3, -0.25) is 10.2 Å². The molecule has 1 unspecified atom stereocenters. The molecule has 38 heavy (non-hydrogen) atoms. The van der Waals surface area contributed by atoms with Gasteiger partial charge in [0, 0.05) is 36.4 Å². The largest absolute Gasteiger partial charge is 1.00 e. The zero-order valence-electron chi connectivity index (χ0n) is 22.4. The number of carboxylic acids is 1. The van der Waals surface area contributed by atoms with Gasteiger partial charge in [-0.15, -0.1) is 6.58 Å². The number of hydrogen-bond donors (Lipinski definition) is 4. The molecule has 0 spiro atoms. The van der Waals surface area contributed by atoms with Gasteiger partial charge in [0.1, 0.15) is 0 Å². The first kappa shape index (κ1) is 32.3. The summed E-state index contributed by atoms with van der Waals surface area (Å²) in [6.45, 7) is 9.46. The van der Waals surface area contributed by atoms with Gasteiger partial charge in [-0.25, -0.2) is 14.6 Å². The molecule has 2 rings (SSSR count). The van der Waals surface area contributed by atoms with E-state index in [0.29, 0.717) is 16.9 Å². The summed E-state index contributed by atoms with van der Waals surface area (Å²) in [6.07, 6.45) is 1.37. The predicted molar refractivity (Wildman–Crippen MR) is 140 cm³/mol. The summed E-state index contributed by atoms with van der Waals surface area (Å²) in [5, 5.41) is 20.2. The molecule has 0 saturated carbocycles. The van der Waals surface area contributed by atoms with Crippen LogP contribution in [-0.2, 0) is 16.0 Å². The minimum Gasteiger partial charge on any atom is -0.550 e. The second-order valence-electron chi connectivity index (χ2n) is 9.05. The van der Waals surface area contributed by atoms with Crippen molar-refractivity contribution in [3.05, 3.63) is 72.3 Å². The van der Waals surface area contributed by atoms with Crippen LogP contribution in [0.5, 0.6) is 0 Å². The molecule has 2 aromatic rings. The third-order valence-corrected chi connectivity index (χ3v) is 5.21. The molecule has 0 saturated heterocycles. The molecule has 0 bridgehead atoms. The number of urea groups is 2. The molecular weight excluding hydrogens is 481 g/mol. The zero-order chi connectivity index (χ0) is 27.4. The van der Waals surface area contributed by atoms with Gasteiger partial charge >= 0.3 is 30.9 Å². The Morgan fingerprint density at radius 3 is 2.26 bits per heavy atom. The van der Waals surface area contributed by atoms with E-state index in [-0.39, 0.29) is 56.6 Å². The van der Waals surface area contributed by atoms with Gasteiger partial charge in [-0.2, -0.15) is 0 Å². The molecule has 4 N–H and O–H groups in total. The van der Waals surface area contributed by atoms with Crippen LogP contribution in [-0.4, -0.2) is 41.5 Å². The normalized spacial score (nSPS) is 10.9. The van der Waals surface area contributed by atoms with Crippen LogP contribution < -0.4 is 45.3 Å². The minimum absolute atomic E-state index is 0. The van der Waals surface area contributed by atoms with Gasteiger partial charge in [0.05, 0.1) is 6.42 Å². The number of benzene rings is 2. The first-order valence-electron chi connectivity index (χ1n) is 12.0. The van der Waals surface area contributed by atoms with Gasteiger partial charge in [0.2, 0.25) is 5.91 Å². The van der Waals surface area contributed by atoms with Gasteiger partial charge in [0.25, 0.3) is 0 Å². The Bertz CT molecular complexity index is 1110. The number of aryl methyl sites for hydroxylation is 1. The first-order valence-corrected chi connectivity index (χ1v) is 12.0. The van der Waals surface area contributed by atoms with E-state index in [0.717, 1.165) is 10.6 Å². The number of amides is 5. The van der Waals surface area contributed by atoms with Crippen LogP contribution in [0.1, 0.15) is 37.8 Å². The Morgan fingerprint density at radius 1 is 1.03 bits per heavy atom. The van der Waals surface area contributed by atoms with Crippen molar-refractivity contribution in [3.8, 4) is 0 Å². The summed E-state index contributed by atoms with van der Waals surface area (Å²) >= 11 is 0. The number of nitrogens with one attached hydrogen (secondary N) is 4. The predicted octanol–water partition coefficient (Wildman–Crippen LogP) is -0.0310. The fourth-order valence-corrected chi connectivity index (χ4v) is 3.47. The molecule has 0 aliphatic heterocycles. The molecule has 1 atom stereocenters. The molecular formula is C27H34LiN5O5. The molecule has 0 aromatic heterocycles. The smallest absolute Gasteiger partial charge is 0.550 e. The Hall–Kier alpha value is -3.74.